The zero-order valence-corrected chi connectivity index (χ0v) is 13.7. The molecule has 23 heavy (non-hydrogen) atoms. The number of benzene rings is 1. The molecule has 0 saturated carbocycles. The lowest BCUT2D eigenvalue weighted by atomic mass is 10.0. The van der Waals surface area contributed by atoms with E-state index in [1.807, 2.05) is 30.3 Å². The Kier molecular flexibility index (Phi) is 4.32. The highest BCUT2D eigenvalue weighted by molar-refractivity contribution is 7.88. The van der Waals surface area contributed by atoms with Gasteiger partial charge in [-0.1, -0.05) is 24.6 Å². The van der Waals surface area contributed by atoms with Crippen LogP contribution in [0.15, 0.2) is 36.5 Å². The predicted molar refractivity (Wildman–Crippen MR) is 89.6 cm³/mol. The molecule has 0 bridgehead atoms. The number of anilines is 1. The number of carbonyl (C=O) groups is 1. The lowest BCUT2D eigenvalue weighted by Gasteiger charge is -2.32. The molecule has 1 amide bonds. The maximum atomic E-state index is 12.5. The molecule has 3 rings (SSSR count). The molecular formula is C16H19N3O3S. The fraction of sp³-hybridized carbons (Fsp3) is 0.375. The number of piperidine rings is 1. The van der Waals surface area contributed by atoms with Crippen LogP contribution in [0.3, 0.4) is 0 Å². The van der Waals surface area contributed by atoms with E-state index in [0.717, 1.165) is 30.0 Å². The number of carbonyl (C=O) groups excluding carboxylic acids is 1. The van der Waals surface area contributed by atoms with E-state index in [1.165, 1.54) is 4.31 Å². The van der Waals surface area contributed by atoms with Gasteiger partial charge >= 0.3 is 0 Å². The first-order valence-electron chi connectivity index (χ1n) is 7.57. The van der Waals surface area contributed by atoms with Gasteiger partial charge in [0.1, 0.15) is 6.04 Å². The molecule has 122 valence electrons. The van der Waals surface area contributed by atoms with Crippen molar-refractivity contribution < 1.29 is 13.2 Å². The van der Waals surface area contributed by atoms with Crippen molar-refractivity contribution in [2.75, 3.05) is 18.1 Å². The average molecular weight is 333 g/mol. The van der Waals surface area contributed by atoms with Crippen molar-refractivity contribution >= 4 is 32.5 Å². The van der Waals surface area contributed by atoms with E-state index < -0.39 is 16.1 Å². The Balaban J connectivity index is 1.81. The van der Waals surface area contributed by atoms with Crippen molar-refractivity contribution in [1.82, 2.24) is 9.29 Å². The second-order valence-electron chi connectivity index (χ2n) is 5.79. The first-order chi connectivity index (χ1) is 10.9. The number of hydrogen-bond donors (Lipinski definition) is 1. The van der Waals surface area contributed by atoms with Gasteiger partial charge in [0.2, 0.25) is 15.9 Å². The topological polar surface area (TPSA) is 79.4 Å². The van der Waals surface area contributed by atoms with Crippen molar-refractivity contribution in [3.05, 3.63) is 36.5 Å². The lowest BCUT2D eigenvalue weighted by molar-refractivity contribution is -0.120. The first kappa shape index (κ1) is 15.9. The SMILES string of the molecule is CS(=O)(=O)N1CCCCC1C(=O)Nc1cnc2ccccc2c1. The summed E-state index contributed by atoms with van der Waals surface area (Å²) in [5.74, 6) is -0.299. The van der Waals surface area contributed by atoms with Crippen LogP contribution in [0.2, 0.25) is 0 Å². The van der Waals surface area contributed by atoms with E-state index in [2.05, 4.69) is 10.3 Å². The molecule has 1 aliphatic heterocycles. The Bertz CT molecular complexity index is 835. The van der Waals surface area contributed by atoms with Gasteiger partial charge in [-0.3, -0.25) is 9.78 Å². The Hall–Kier alpha value is -1.99. The van der Waals surface area contributed by atoms with Gasteiger partial charge in [0.05, 0.1) is 23.7 Å². The Morgan fingerprint density at radius 1 is 1.30 bits per heavy atom. The van der Waals surface area contributed by atoms with Crippen molar-refractivity contribution in [3.8, 4) is 0 Å². The zero-order chi connectivity index (χ0) is 16.4. The molecule has 1 unspecified atom stereocenters. The van der Waals surface area contributed by atoms with Gasteiger partial charge < -0.3 is 5.32 Å². The molecule has 1 aromatic heterocycles. The smallest absolute Gasteiger partial charge is 0.242 e. The Labute approximate surface area is 135 Å². The highest BCUT2D eigenvalue weighted by Crippen LogP contribution is 2.22. The Morgan fingerprint density at radius 3 is 2.87 bits per heavy atom. The molecule has 0 radical (unpaired) electrons. The summed E-state index contributed by atoms with van der Waals surface area (Å²) in [5, 5.41) is 3.72. The number of para-hydroxylation sites is 1. The van der Waals surface area contributed by atoms with Crippen molar-refractivity contribution in [2.45, 2.75) is 25.3 Å². The molecule has 1 aliphatic rings. The van der Waals surface area contributed by atoms with Gasteiger partial charge in [-0.25, -0.2) is 8.42 Å². The van der Waals surface area contributed by atoms with Gasteiger partial charge in [-0.2, -0.15) is 4.31 Å². The number of nitrogens with zero attached hydrogens (tertiary/aromatic N) is 2. The maximum absolute atomic E-state index is 12.5. The number of pyridine rings is 1. The van der Waals surface area contributed by atoms with Crippen LogP contribution in [0, 0.1) is 0 Å². The lowest BCUT2D eigenvalue weighted by Crippen LogP contribution is -2.49. The van der Waals surface area contributed by atoms with Crippen LogP contribution in [-0.2, 0) is 14.8 Å². The molecule has 2 heterocycles. The summed E-state index contributed by atoms with van der Waals surface area (Å²) in [6.07, 6.45) is 4.92. The molecule has 1 saturated heterocycles. The second-order valence-corrected chi connectivity index (χ2v) is 7.73. The maximum Gasteiger partial charge on any atom is 0.242 e. The fourth-order valence-electron chi connectivity index (χ4n) is 2.93. The summed E-state index contributed by atoms with van der Waals surface area (Å²) in [6, 6.07) is 8.81. The highest BCUT2D eigenvalue weighted by atomic mass is 32.2. The van der Waals surface area contributed by atoms with E-state index in [1.54, 1.807) is 6.20 Å². The fourth-order valence-corrected chi connectivity index (χ4v) is 4.05. The summed E-state index contributed by atoms with van der Waals surface area (Å²) in [7, 11) is -3.39. The first-order valence-corrected chi connectivity index (χ1v) is 9.42. The highest BCUT2D eigenvalue weighted by Gasteiger charge is 2.34. The number of hydrogen-bond acceptors (Lipinski definition) is 4. The molecular weight excluding hydrogens is 314 g/mol. The van der Waals surface area contributed by atoms with Crippen LogP contribution < -0.4 is 5.32 Å². The molecule has 6 nitrogen and oxygen atoms in total. The third kappa shape index (κ3) is 3.51. The summed E-state index contributed by atoms with van der Waals surface area (Å²) in [6.45, 7) is 0.396. The number of sulfonamides is 1. The number of amides is 1. The second kappa shape index (κ2) is 6.25. The number of fused-ring (bicyclic) bond motifs is 1. The summed E-state index contributed by atoms with van der Waals surface area (Å²) >= 11 is 0. The number of nitrogens with one attached hydrogen (secondary N) is 1. The summed E-state index contributed by atoms with van der Waals surface area (Å²) in [4.78, 5) is 16.8. The molecule has 2 aromatic rings. The third-order valence-electron chi connectivity index (χ3n) is 4.04. The minimum atomic E-state index is -3.39. The molecule has 1 aromatic carbocycles. The number of rotatable bonds is 3. The number of aromatic nitrogens is 1. The average Bonchev–Trinajstić information content (AvgIpc) is 2.54. The van der Waals surface area contributed by atoms with Gasteiger partial charge in [0, 0.05) is 11.9 Å². The van der Waals surface area contributed by atoms with Crippen LogP contribution in [0.1, 0.15) is 19.3 Å². The largest absolute Gasteiger partial charge is 0.323 e. The van der Waals surface area contributed by atoms with Gasteiger partial charge in [-0.05, 0) is 25.0 Å². The Morgan fingerprint density at radius 2 is 2.09 bits per heavy atom. The van der Waals surface area contributed by atoms with E-state index in [9.17, 15) is 13.2 Å². The van der Waals surface area contributed by atoms with Crippen molar-refractivity contribution in [3.63, 3.8) is 0 Å². The quantitative estimate of drug-likeness (QED) is 0.931. The van der Waals surface area contributed by atoms with Gasteiger partial charge in [0.15, 0.2) is 0 Å². The molecule has 0 aliphatic carbocycles. The normalized spacial score (nSPS) is 19.6. The van der Waals surface area contributed by atoms with Crippen LogP contribution in [0.4, 0.5) is 5.69 Å². The van der Waals surface area contributed by atoms with Crippen LogP contribution in [0.25, 0.3) is 10.9 Å². The van der Waals surface area contributed by atoms with E-state index in [4.69, 9.17) is 0 Å². The van der Waals surface area contributed by atoms with E-state index >= 15 is 0 Å². The molecule has 0 spiro atoms. The molecule has 1 N–H and O–H groups in total. The van der Waals surface area contributed by atoms with Gasteiger partial charge in [-0.15, -0.1) is 0 Å². The molecule has 7 heteroatoms. The predicted octanol–water partition coefficient (Wildman–Crippen LogP) is 1.99. The third-order valence-corrected chi connectivity index (χ3v) is 5.33. The minimum absolute atomic E-state index is 0.299. The van der Waals surface area contributed by atoms with Crippen LogP contribution in [-0.4, -0.2) is 42.5 Å². The molecule has 1 fully saturated rings. The van der Waals surface area contributed by atoms with E-state index in [0.29, 0.717) is 18.7 Å². The molecule has 1 atom stereocenters. The van der Waals surface area contributed by atoms with Crippen molar-refractivity contribution in [1.29, 1.82) is 0 Å². The standard InChI is InChI=1S/C16H19N3O3S/c1-23(21,22)19-9-5-4-8-15(19)16(20)18-13-10-12-6-2-3-7-14(12)17-11-13/h2-3,6-7,10-11,15H,4-5,8-9H2,1H3,(H,18,20). The van der Waals surface area contributed by atoms with Crippen molar-refractivity contribution in [2.24, 2.45) is 0 Å². The van der Waals surface area contributed by atoms with E-state index in [-0.39, 0.29) is 5.91 Å². The zero-order valence-electron chi connectivity index (χ0n) is 12.9. The summed E-state index contributed by atoms with van der Waals surface area (Å²) in [5.41, 5.74) is 1.42. The summed E-state index contributed by atoms with van der Waals surface area (Å²) < 4.78 is 25.0. The van der Waals surface area contributed by atoms with Crippen LogP contribution >= 0.6 is 0 Å². The monoisotopic (exact) mass is 333 g/mol. The minimum Gasteiger partial charge on any atom is -0.323 e. The van der Waals surface area contributed by atoms with Gasteiger partial charge in [0.25, 0.3) is 0 Å². The van der Waals surface area contributed by atoms with Crippen LogP contribution in [0.5, 0.6) is 0 Å².